The maximum Gasteiger partial charge on any atom is 0.286 e. The topological polar surface area (TPSA) is 70.9 Å². The number of nitrogens with one attached hydrogen (secondary N) is 2. The number of fused-ring (bicyclic) bond motifs is 1. The summed E-state index contributed by atoms with van der Waals surface area (Å²) < 4.78 is 5.27. The average Bonchev–Trinajstić information content (AvgIpc) is 3.09. The molecule has 0 aliphatic heterocycles. The molecule has 3 rings (SSSR count). The third kappa shape index (κ3) is 3.13. The molecule has 5 heteroatoms. The highest BCUT2D eigenvalue weighted by atomic mass is 16.3. The summed E-state index contributed by atoms with van der Waals surface area (Å²) in [6.07, 6.45) is 1.62. The molecule has 0 spiro atoms. The molecule has 0 aliphatic carbocycles. The molecule has 2 aromatic heterocycles. The van der Waals surface area contributed by atoms with Crippen LogP contribution in [0.1, 0.15) is 28.6 Å². The van der Waals surface area contributed by atoms with Gasteiger partial charge in [0.05, 0.1) is 11.0 Å². The van der Waals surface area contributed by atoms with Crippen molar-refractivity contribution in [3.05, 3.63) is 53.7 Å². The zero-order chi connectivity index (χ0) is 14.7. The van der Waals surface area contributed by atoms with Crippen LogP contribution < -0.4 is 5.32 Å². The van der Waals surface area contributed by atoms with E-state index in [9.17, 15) is 4.79 Å². The second kappa shape index (κ2) is 5.83. The van der Waals surface area contributed by atoms with Crippen molar-refractivity contribution in [1.29, 1.82) is 0 Å². The number of hydrogen-bond donors (Lipinski definition) is 2. The standard InChI is InChI=1S/C16H17N3O2/c1-11-8-9-14(21-11)16(20)17-10-4-7-15-18-12-5-2-3-6-13(12)19-15/h2-3,5-6,8-9H,4,7,10H2,1H3,(H,17,20)(H,18,19). The number of aromatic amines is 1. The van der Waals surface area contributed by atoms with Gasteiger partial charge in [-0.15, -0.1) is 0 Å². The lowest BCUT2D eigenvalue weighted by Crippen LogP contribution is -2.24. The Morgan fingerprint density at radius 2 is 2.14 bits per heavy atom. The van der Waals surface area contributed by atoms with Gasteiger partial charge in [-0.1, -0.05) is 12.1 Å². The molecule has 1 amide bonds. The number of nitrogens with zero attached hydrogens (tertiary/aromatic N) is 1. The van der Waals surface area contributed by atoms with Gasteiger partial charge in [-0.25, -0.2) is 4.98 Å². The van der Waals surface area contributed by atoms with E-state index in [1.165, 1.54) is 0 Å². The molecule has 2 N–H and O–H groups in total. The summed E-state index contributed by atoms with van der Waals surface area (Å²) in [4.78, 5) is 19.6. The summed E-state index contributed by atoms with van der Waals surface area (Å²) in [5.74, 6) is 1.87. The Morgan fingerprint density at radius 3 is 2.90 bits per heavy atom. The summed E-state index contributed by atoms with van der Waals surface area (Å²) in [6.45, 7) is 2.41. The lowest BCUT2D eigenvalue weighted by molar-refractivity contribution is 0.0924. The molecule has 108 valence electrons. The van der Waals surface area contributed by atoms with Crippen LogP contribution in [0.4, 0.5) is 0 Å². The Kier molecular flexibility index (Phi) is 3.73. The second-order valence-corrected chi connectivity index (χ2v) is 4.97. The molecule has 0 saturated heterocycles. The Hall–Kier alpha value is -2.56. The number of amides is 1. The van der Waals surface area contributed by atoms with Crippen molar-refractivity contribution in [3.8, 4) is 0 Å². The molecule has 3 aromatic rings. The van der Waals surface area contributed by atoms with E-state index in [-0.39, 0.29) is 5.91 Å². The molecule has 0 saturated carbocycles. The first-order valence-electron chi connectivity index (χ1n) is 7.00. The first-order chi connectivity index (χ1) is 10.2. The van der Waals surface area contributed by atoms with Crippen molar-refractivity contribution in [2.24, 2.45) is 0 Å². The molecular formula is C16H17N3O2. The van der Waals surface area contributed by atoms with Crippen molar-refractivity contribution < 1.29 is 9.21 Å². The number of furan rings is 1. The normalized spacial score (nSPS) is 10.9. The van der Waals surface area contributed by atoms with Gasteiger partial charge in [0.25, 0.3) is 5.91 Å². The van der Waals surface area contributed by atoms with Gasteiger partial charge in [-0.05, 0) is 37.6 Å². The lowest BCUT2D eigenvalue weighted by atomic mass is 10.3. The summed E-state index contributed by atoms with van der Waals surface area (Å²) in [5, 5.41) is 2.84. The van der Waals surface area contributed by atoms with Crippen LogP contribution in [-0.2, 0) is 6.42 Å². The highest BCUT2D eigenvalue weighted by Crippen LogP contribution is 2.11. The number of benzene rings is 1. The van der Waals surface area contributed by atoms with Crippen LogP contribution >= 0.6 is 0 Å². The number of aromatic nitrogens is 2. The van der Waals surface area contributed by atoms with Gasteiger partial charge < -0.3 is 14.7 Å². The number of para-hydroxylation sites is 2. The maximum absolute atomic E-state index is 11.8. The summed E-state index contributed by atoms with van der Waals surface area (Å²) in [5.41, 5.74) is 2.02. The third-order valence-corrected chi connectivity index (χ3v) is 3.28. The van der Waals surface area contributed by atoms with Crippen molar-refractivity contribution in [3.63, 3.8) is 0 Å². The Morgan fingerprint density at radius 1 is 1.29 bits per heavy atom. The van der Waals surface area contributed by atoms with Gasteiger partial charge >= 0.3 is 0 Å². The maximum atomic E-state index is 11.8. The fraction of sp³-hybridized carbons (Fsp3) is 0.250. The molecule has 5 nitrogen and oxygen atoms in total. The van der Waals surface area contributed by atoms with Gasteiger partial charge in [-0.2, -0.15) is 0 Å². The van der Waals surface area contributed by atoms with E-state index in [0.717, 1.165) is 35.5 Å². The van der Waals surface area contributed by atoms with Crippen molar-refractivity contribution >= 4 is 16.9 Å². The van der Waals surface area contributed by atoms with E-state index in [1.807, 2.05) is 31.2 Å². The number of imidazole rings is 1. The Labute approximate surface area is 122 Å². The van der Waals surface area contributed by atoms with Crippen LogP contribution in [-0.4, -0.2) is 22.4 Å². The highest BCUT2D eigenvalue weighted by molar-refractivity contribution is 5.91. The largest absolute Gasteiger partial charge is 0.456 e. The lowest BCUT2D eigenvalue weighted by Gasteiger charge is -2.01. The van der Waals surface area contributed by atoms with Gasteiger partial charge in [0.1, 0.15) is 11.6 Å². The SMILES string of the molecule is Cc1ccc(C(=O)NCCCc2nc3ccccc3[nH]2)o1. The summed E-state index contributed by atoms with van der Waals surface area (Å²) in [6, 6.07) is 11.4. The Bertz CT molecular complexity index is 725. The first-order valence-corrected chi connectivity index (χ1v) is 7.00. The van der Waals surface area contributed by atoms with E-state index in [2.05, 4.69) is 15.3 Å². The van der Waals surface area contributed by atoms with Crippen molar-refractivity contribution in [1.82, 2.24) is 15.3 Å². The van der Waals surface area contributed by atoms with E-state index >= 15 is 0 Å². The molecule has 2 heterocycles. The van der Waals surface area contributed by atoms with Crippen molar-refractivity contribution in [2.75, 3.05) is 6.54 Å². The quantitative estimate of drug-likeness (QED) is 0.707. The zero-order valence-electron chi connectivity index (χ0n) is 11.8. The third-order valence-electron chi connectivity index (χ3n) is 3.28. The predicted octanol–water partition coefficient (Wildman–Crippen LogP) is 2.83. The van der Waals surface area contributed by atoms with E-state index in [0.29, 0.717) is 12.3 Å². The second-order valence-electron chi connectivity index (χ2n) is 4.97. The molecule has 0 atom stereocenters. The van der Waals surface area contributed by atoms with E-state index in [4.69, 9.17) is 4.42 Å². The molecule has 0 aliphatic rings. The fourth-order valence-electron chi connectivity index (χ4n) is 2.23. The summed E-state index contributed by atoms with van der Waals surface area (Å²) in [7, 11) is 0. The van der Waals surface area contributed by atoms with Gasteiger partial charge in [0.15, 0.2) is 5.76 Å². The molecule has 0 bridgehead atoms. The highest BCUT2D eigenvalue weighted by Gasteiger charge is 2.09. The molecule has 0 unspecified atom stereocenters. The number of carbonyl (C=O) groups excluding carboxylic acids is 1. The minimum atomic E-state index is -0.173. The molecule has 21 heavy (non-hydrogen) atoms. The minimum absolute atomic E-state index is 0.173. The average molecular weight is 283 g/mol. The number of carbonyl (C=O) groups is 1. The zero-order valence-corrected chi connectivity index (χ0v) is 11.8. The number of H-pyrrole nitrogens is 1. The number of rotatable bonds is 5. The van der Waals surface area contributed by atoms with Crippen LogP contribution in [0.3, 0.4) is 0 Å². The minimum Gasteiger partial charge on any atom is -0.456 e. The summed E-state index contributed by atoms with van der Waals surface area (Å²) >= 11 is 0. The van der Waals surface area contributed by atoms with Crippen LogP contribution in [0.15, 0.2) is 40.8 Å². The molecule has 1 aromatic carbocycles. The number of hydrogen-bond acceptors (Lipinski definition) is 3. The van der Waals surface area contributed by atoms with Crippen LogP contribution in [0.5, 0.6) is 0 Å². The molecule has 0 radical (unpaired) electrons. The van der Waals surface area contributed by atoms with Gasteiger partial charge in [-0.3, -0.25) is 4.79 Å². The monoisotopic (exact) mass is 283 g/mol. The van der Waals surface area contributed by atoms with Crippen molar-refractivity contribution in [2.45, 2.75) is 19.8 Å². The van der Waals surface area contributed by atoms with Crippen LogP contribution in [0.25, 0.3) is 11.0 Å². The molecule has 0 fully saturated rings. The van der Waals surface area contributed by atoms with Gasteiger partial charge in [0, 0.05) is 13.0 Å². The fourth-order valence-corrected chi connectivity index (χ4v) is 2.23. The smallest absolute Gasteiger partial charge is 0.286 e. The van der Waals surface area contributed by atoms with Crippen LogP contribution in [0, 0.1) is 6.92 Å². The predicted molar refractivity (Wildman–Crippen MR) is 80.2 cm³/mol. The number of aryl methyl sites for hydroxylation is 2. The van der Waals surface area contributed by atoms with Crippen LogP contribution in [0.2, 0.25) is 0 Å². The Balaban J connectivity index is 1.49. The van der Waals surface area contributed by atoms with Gasteiger partial charge in [0.2, 0.25) is 0 Å². The first kappa shape index (κ1) is 13.4. The van der Waals surface area contributed by atoms with E-state index < -0.39 is 0 Å². The van der Waals surface area contributed by atoms with E-state index in [1.54, 1.807) is 12.1 Å². The molecular weight excluding hydrogens is 266 g/mol.